The van der Waals surface area contributed by atoms with Crippen LogP contribution in [0.1, 0.15) is 21.6 Å². The van der Waals surface area contributed by atoms with Crippen LogP contribution in [-0.4, -0.2) is 26.0 Å². The number of pyridine rings is 1. The maximum absolute atomic E-state index is 11.0. The molecule has 2 rings (SSSR count). The van der Waals surface area contributed by atoms with Gasteiger partial charge < -0.3 is 10.8 Å². The zero-order chi connectivity index (χ0) is 13.3. The number of anilines is 1. The third-order valence-corrected chi connectivity index (χ3v) is 2.48. The maximum atomic E-state index is 11.0. The molecule has 0 unspecified atom stereocenters. The van der Waals surface area contributed by atoms with Crippen LogP contribution in [0.5, 0.6) is 0 Å². The van der Waals surface area contributed by atoms with Gasteiger partial charge in [0.1, 0.15) is 17.1 Å². The van der Waals surface area contributed by atoms with Crippen LogP contribution in [0.4, 0.5) is 5.82 Å². The van der Waals surface area contributed by atoms with Crippen molar-refractivity contribution in [1.29, 1.82) is 0 Å². The van der Waals surface area contributed by atoms with Crippen LogP contribution < -0.4 is 5.73 Å². The SMILES string of the molecule is Cc1ccnc(-c2nc(C)c(C(=O)O)c(N)n2)c1. The van der Waals surface area contributed by atoms with E-state index in [1.165, 1.54) is 0 Å². The Kier molecular flexibility index (Phi) is 2.93. The van der Waals surface area contributed by atoms with Gasteiger partial charge in [0.15, 0.2) is 5.82 Å². The Balaban J connectivity index is 2.58. The normalized spacial score (nSPS) is 10.3. The van der Waals surface area contributed by atoms with Gasteiger partial charge in [-0.2, -0.15) is 0 Å². The molecule has 2 aromatic rings. The Hall–Kier alpha value is -2.50. The van der Waals surface area contributed by atoms with E-state index in [9.17, 15) is 4.79 Å². The van der Waals surface area contributed by atoms with Gasteiger partial charge in [0, 0.05) is 6.20 Å². The number of nitrogens with two attached hydrogens (primary N) is 1. The van der Waals surface area contributed by atoms with E-state index in [0.717, 1.165) is 5.56 Å². The van der Waals surface area contributed by atoms with Gasteiger partial charge in [0.25, 0.3) is 0 Å². The predicted molar refractivity (Wildman–Crippen MR) is 66.1 cm³/mol. The Labute approximate surface area is 104 Å². The van der Waals surface area contributed by atoms with Crippen LogP contribution >= 0.6 is 0 Å². The molecule has 0 aromatic carbocycles. The average molecular weight is 244 g/mol. The minimum Gasteiger partial charge on any atom is -0.477 e. The lowest BCUT2D eigenvalue weighted by Crippen LogP contribution is -2.10. The molecule has 0 atom stereocenters. The summed E-state index contributed by atoms with van der Waals surface area (Å²) in [6, 6.07) is 3.67. The van der Waals surface area contributed by atoms with E-state index in [1.807, 2.05) is 19.1 Å². The first-order valence-electron chi connectivity index (χ1n) is 5.29. The molecule has 6 heteroatoms. The molecule has 2 aromatic heterocycles. The van der Waals surface area contributed by atoms with Crippen LogP contribution in [0.3, 0.4) is 0 Å². The molecule has 0 saturated carbocycles. The van der Waals surface area contributed by atoms with Crippen LogP contribution in [0.2, 0.25) is 0 Å². The van der Waals surface area contributed by atoms with Gasteiger partial charge in [-0.1, -0.05) is 0 Å². The summed E-state index contributed by atoms with van der Waals surface area (Å²) >= 11 is 0. The van der Waals surface area contributed by atoms with E-state index in [0.29, 0.717) is 17.2 Å². The molecule has 0 aliphatic heterocycles. The lowest BCUT2D eigenvalue weighted by molar-refractivity contribution is 0.0696. The number of aromatic carboxylic acids is 1. The number of hydrogen-bond donors (Lipinski definition) is 2. The summed E-state index contributed by atoms with van der Waals surface area (Å²) in [5, 5.41) is 8.98. The van der Waals surface area contributed by atoms with Crippen LogP contribution in [0.25, 0.3) is 11.5 Å². The highest BCUT2D eigenvalue weighted by molar-refractivity contribution is 5.94. The van der Waals surface area contributed by atoms with E-state index < -0.39 is 5.97 Å². The molecule has 92 valence electrons. The fraction of sp³-hybridized carbons (Fsp3) is 0.167. The van der Waals surface area contributed by atoms with Crippen molar-refractivity contribution in [3.63, 3.8) is 0 Å². The number of aromatic nitrogens is 3. The number of carboxylic acids is 1. The molecule has 6 nitrogen and oxygen atoms in total. The summed E-state index contributed by atoms with van der Waals surface area (Å²) in [5.74, 6) is -0.847. The van der Waals surface area contributed by atoms with Gasteiger partial charge in [-0.05, 0) is 31.5 Å². The second kappa shape index (κ2) is 4.40. The third kappa shape index (κ3) is 2.13. The van der Waals surface area contributed by atoms with Gasteiger partial charge in [-0.15, -0.1) is 0 Å². The number of aryl methyl sites for hydroxylation is 2. The van der Waals surface area contributed by atoms with E-state index in [-0.39, 0.29) is 11.4 Å². The van der Waals surface area contributed by atoms with Crippen LogP contribution in [0, 0.1) is 13.8 Å². The quantitative estimate of drug-likeness (QED) is 0.828. The molecule has 0 bridgehead atoms. The van der Waals surface area contributed by atoms with Crippen molar-refractivity contribution < 1.29 is 9.90 Å². The molecule has 18 heavy (non-hydrogen) atoms. The van der Waals surface area contributed by atoms with E-state index >= 15 is 0 Å². The average Bonchev–Trinajstić information content (AvgIpc) is 2.27. The molecule has 0 saturated heterocycles. The Bertz CT molecular complexity index is 602. The number of nitrogen functional groups attached to an aromatic ring is 1. The predicted octanol–water partition coefficient (Wildman–Crippen LogP) is 1.44. The first kappa shape index (κ1) is 12.0. The van der Waals surface area contributed by atoms with Crippen LogP contribution in [0.15, 0.2) is 18.3 Å². The van der Waals surface area contributed by atoms with Crippen LogP contribution in [-0.2, 0) is 0 Å². The molecule has 0 aliphatic rings. The van der Waals surface area contributed by atoms with Crippen molar-refractivity contribution in [2.75, 3.05) is 5.73 Å². The summed E-state index contributed by atoms with van der Waals surface area (Å²) in [6.07, 6.45) is 1.64. The summed E-state index contributed by atoms with van der Waals surface area (Å²) in [6.45, 7) is 3.51. The molecule has 2 heterocycles. The Morgan fingerprint density at radius 1 is 1.33 bits per heavy atom. The molecule has 0 aliphatic carbocycles. The molecule has 0 fully saturated rings. The van der Waals surface area contributed by atoms with Gasteiger partial charge in [-0.3, -0.25) is 4.98 Å². The summed E-state index contributed by atoms with van der Waals surface area (Å²) < 4.78 is 0. The molecular weight excluding hydrogens is 232 g/mol. The van der Waals surface area contributed by atoms with Crippen molar-refractivity contribution in [3.8, 4) is 11.5 Å². The molecule has 0 amide bonds. The topological polar surface area (TPSA) is 102 Å². The molecule has 0 radical (unpaired) electrons. The van der Waals surface area contributed by atoms with Gasteiger partial charge in [0.05, 0.1) is 5.69 Å². The fourth-order valence-electron chi connectivity index (χ4n) is 1.63. The van der Waals surface area contributed by atoms with Crippen molar-refractivity contribution in [1.82, 2.24) is 15.0 Å². The standard InChI is InChI=1S/C12H12N4O2/c1-6-3-4-14-8(5-6)11-15-7(2)9(12(17)18)10(13)16-11/h3-5H,1-2H3,(H,17,18)(H2,13,15,16). The van der Waals surface area contributed by atoms with Gasteiger partial charge in [0.2, 0.25) is 0 Å². The fourth-order valence-corrected chi connectivity index (χ4v) is 1.63. The number of carboxylic acid groups (broad SMARTS) is 1. The summed E-state index contributed by atoms with van der Waals surface area (Å²) in [7, 11) is 0. The van der Waals surface area contributed by atoms with E-state index in [4.69, 9.17) is 10.8 Å². The van der Waals surface area contributed by atoms with E-state index in [1.54, 1.807) is 13.1 Å². The zero-order valence-corrected chi connectivity index (χ0v) is 10.0. The molecule has 0 spiro atoms. The second-order valence-electron chi connectivity index (χ2n) is 3.92. The molecular formula is C12H12N4O2. The van der Waals surface area contributed by atoms with Crippen molar-refractivity contribution in [2.45, 2.75) is 13.8 Å². The second-order valence-corrected chi connectivity index (χ2v) is 3.92. The van der Waals surface area contributed by atoms with E-state index in [2.05, 4.69) is 15.0 Å². The first-order chi connectivity index (χ1) is 8.49. The van der Waals surface area contributed by atoms with Gasteiger partial charge >= 0.3 is 5.97 Å². The Morgan fingerprint density at radius 3 is 2.61 bits per heavy atom. The minimum absolute atomic E-state index is 0.0479. The third-order valence-electron chi connectivity index (χ3n) is 2.48. The smallest absolute Gasteiger partial charge is 0.341 e. The number of carbonyl (C=O) groups is 1. The van der Waals surface area contributed by atoms with Crippen molar-refractivity contribution in [3.05, 3.63) is 35.2 Å². The lowest BCUT2D eigenvalue weighted by atomic mass is 10.2. The molecule has 3 N–H and O–H groups in total. The highest BCUT2D eigenvalue weighted by atomic mass is 16.4. The zero-order valence-electron chi connectivity index (χ0n) is 10.0. The highest BCUT2D eigenvalue weighted by Crippen LogP contribution is 2.19. The number of rotatable bonds is 2. The highest BCUT2D eigenvalue weighted by Gasteiger charge is 2.16. The largest absolute Gasteiger partial charge is 0.477 e. The lowest BCUT2D eigenvalue weighted by Gasteiger charge is -2.07. The van der Waals surface area contributed by atoms with Crippen molar-refractivity contribution >= 4 is 11.8 Å². The summed E-state index contributed by atoms with van der Waals surface area (Å²) in [5.41, 5.74) is 7.49. The van der Waals surface area contributed by atoms with Crippen molar-refractivity contribution in [2.24, 2.45) is 0 Å². The number of nitrogens with zero attached hydrogens (tertiary/aromatic N) is 3. The number of hydrogen-bond acceptors (Lipinski definition) is 5. The monoisotopic (exact) mass is 244 g/mol. The maximum Gasteiger partial charge on any atom is 0.341 e. The first-order valence-corrected chi connectivity index (χ1v) is 5.29. The minimum atomic E-state index is -1.13. The Morgan fingerprint density at radius 2 is 2.06 bits per heavy atom. The van der Waals surface area contributed by atoms with Gasteiger partial charge in [-0.25, -0.2) is 14.8 Å². The summed E-state index contributed by atoms with van der Waals surface area (Å²) in [4.78, 5) is 23.2.